The van der Waals surface area contributed by atoms with Gasteiger partial charge in [-0.2, -0.15) is 4.98 Å². The van der Waals surface area contributed by atoms with E-state index in [1.54, 1.807) is 0 Å². The highest BCUT2D eigenvalue weighted by Crippen LogP contribution is 2.21. The number of unbranched alkanes of at least 4 members (excludes halogenated alkanes) is 1. The molecule has 1 aromatic rings. The van der Waals surface area contributed by atoms with E-state index in [-0.39, 0.29) is 18.4 Å². The molecule has 2 rings (SSSR count). The first-order valence-corrected chi connectivity index (χ1v) is 7.26. The van der Waals surface area contributed by atoms with Crippen molar-refractivity contribution < 1.29 is 14.1 Å². The third-order valence-electron chi connectivity index (χ3n) is 3.41. The van der Waals surface area contributed by atoms with Gasteiger partial charge in [0.2, 0.25) is 11.8 Å². The van der Waals surface area contributed by atoms with Crippen LogP contribution in [0.4, 0.5) is 0 Å². The molecule has 21 heavy (non-hydrogen) atoms. The maximum absolute atomic E-state index is 12.3. The molecule has 1 saturated heterocycles. The molecule has 1 atom stereocenters. The Kier molecular flexibility index (Phi) is 5.26. The van der Waals surface area contributed by atoms with E-state index >= 15 is 0 Å². The van der Waals surface area contributed by atoms with Crippen molar-refractivity contribution >= 4 is 11.8 Å². The van der Waals surface area contributed by atoms with Crippen LogP contribution >= 0.6 is 0 Å². The quantitative estimate of drug-likeness (QED) is 0.743. The van der Waals surface area contributed by atoms with Crippen LogP contribution in [-0.4, -0.2) is 46.5 Å². The largest absolute Gasteiger partial charge is 0.368 e. The van der Waals surface area contributed by atoms with Crippen molar-refractivity contribution in [3.63, 3.8) is 0 Å². The molecule has 1 unspecified atom stereocenters. The van der Waals surface area contributed by atoms with Crippen LogP contribution in [0.15, 0.2) is 4.52 Å². The third-order valence-corrected chi connectivity index (χ3v) is 3.41. The predicted molar refractivity (Wildman–Crippen MR) is 74.3 cm³/mol. The van der Waals surface area contributed by atoms with Gasteiger partial charge in [0.1, 0.15) is 0 Å². The molecular formula is C13H21N5O3. The molecule has 1 aliphatic heterocycles. The Morgan fingerprint density at radius 3 is 2.95 bits per heavy atom. The Morgan fingerprint density at radius 1 is 1.52 bits per heavy atom. The lowest BCUT2D eigenvalue weighted by Gasteiger charge is -2.18. The van der Waals surface area contributed by atoms with E-state index in [0.717, 1.165) is 32.2 Å². The normalized spacial score (nSPS) is 17.9. The fourth-order valence-electron chi connectivity index (χ4n) is 2.29. The van der Waals surface area contributed by atoms with Crippen LogP contribution in [0.5, 0.6) is 0 Å². The Hall–Kier alpha value is -1.96. The number of primary amides is 1. The molecule has 2 heterocycles. The second-order valence-corrected chi connectivity index (χ2v) is 5.15. The number of carbonyl (C=O) groups excluding carboxylic acids is 2. The van der Waals surface area contributed by atoms with Gasteiger partial charge < -0.3 is 20.5 Å². The fourth-order valence-corrected chi connectivity index (χ4v) is 2.29. The van der Waals surface area contributed by atoms with E-state index in [4.69, 9.17) is 10.3 Å². The summed E-state index contributed by atoms with van der Waals surface area (Å²) in [5.74, 6) is -0.572. The van der Waals surface area contributed by atoms with Gasteiger partial charge in [0.15, 0.2) is 0 Å². The highest BCUT2D eigenvalue weighted by Gasteiger charge is 2.27. The van der Waals surface area contributed by atoms with Gasteiger partial charge in [0, 0.05) is 6.54 Å². The fraction of sp³-hybridized carbons (Fsp3) is 0.692. The number of nitrogens with zero attached hydrogens (tertiary/aromatic N) is 3. The van der Waals surface area contributed by atoms with E-state index < -0.39 is 11.8 Å². The standard InChI is InChI=1S/C13H21N5O3/c1-2-3-7-18(8-10(14)19)13(20)11-16-12(21-17-11)9-5-4-6-15-9/h9,15H,2-8H2,1H3,(H2,14,19). The van der Waals surface area contributed by atoms with Crippen molar-refractivity contribution in [1.29, 1.82) is 0 Å². The van der Waals surface area contributed by atoms with Crippen LogP contribution < -0.4 is 11.1 Å². The molecule has 0 saturated carbocycles. The number of nitrogens with one attached hydrogen (secondary N) is 1. The van der Waals surface area contributed by atoms with Gasteiger partial charge in [-0.3, -0.25) is 9.59 Å². The topological polar surface area (TPSA) is 114 Å². The van der Waals surface area contributed by atoms with E-state index in [0.29, 0.717) is 12.4 Å². The van der Waals surface area contributed by atoms with Crippen LogP contribution in [0.1, 0.15) is 55.2 Å². The minimum atomic E-state index is -0.555. The van der Waals surface area contributed by atoms with E-state index in [2.05, 4.69) is 15.5 Å². The summed E-state index contributed by atoms with van der Waals surface area (Å²) < 4.78 is 5.14. The molecule has 1 aromatic heterocycles. The molecule has 0 spiro atoms. The van der Waals surface area contributed by atoms with E-state index in [1.807, 2.05) is 6.92 Å². The summed E-state index contributed by atoms with van der Waals surface area (Å²) in [6.07, 6.45) is 3.65. The van der Waals surface area contributed by atoms with Gasteiger partial charge in [0.25, 0.3) is 11.7 Å². The SMILES string of the molecule is CCCCN(CC(N)=O)C(=O)c1noc(C2CCCN2)n1. The number of nitrogens with two attached hydrogens (primary N) is 1. The number of rotatable bonds is 7. The summed E-state index contributed by atoms with van der Waals surface area (Å²) >= 11 is 0. The maximum atomic E-state index is 12.3. The van der Waals surface area contributed by atoms with Gasteiger partial charge in [-0.05, 0) is 25.8 Å². The zero-order valence-corrected chi connectivity index (χ0v) is 12.2. The third kappa shape index (κ3) is 4.01. The van der Waals surface area contributed by atoms with E-state index in [9.17, 15) is 9.59 Å². The molecule has 8 heteroatoms. The summed E-state index contributed by atoms with van der Waals surface area (Å²) in [5, 5.41) is 6.95. The monoisotopic (exact) mass is 295 g/mol. The second-order valence-electron chi connectivity index (χ2n) is 5.15. The van der Waals surface area contributed by atoms with Gasteiger partial charge >= 0.3 is 0 Å². The van der Waals surface area contributed by atoms with Crippen molar-refractivity contribution in [2.45, 2.75) is 38.6 Å². The molecule has 116 valence electrons. The molecule has 0 aliphatic carbocycles. The van der Waals surface area contributed by atoms with Gasteiger partial charge in [-0.25, -0.2) is 0 Å². The molecule has 2 amide bonds. The molecule has 0 aromatic carbocycles. The molecule has 1 aliphatic rings. The molecular weight excluding hydrogens is 274 g/mol. The number of aromatic nitrogens is 2. The first kappa shape index (κ1) is 15.4. The molecule has 0 radical (unpaired) electrons. The highest BCUT2D eigenvalue weighted by molar-refractivity contribution is 5.93. The first-order valence-electron chi connectivity index (χ1n) is 7.26. The molecule has 1 fully saturated rings. The Morgan fingerprint density at radius 2 is 2.33 bits per heavy atom. The zero-order chi connectivity index (χ0) is 15.2. The smallest absolute Gasteiger partial charge is 0.295 e. The first-order chi connectivity index (χ1) is 10.1. The van der Waals surface area contributed by atoms with Crippen molar-refractivity contribution in [3.05, 3.63) is 11.7 Å². The van der Waals surface area contributed by atoms with Crippen molar-refractivity contribution in [1.82, 2.24) is 20.4 Å². The maximum Gasteiger partial charge on any atom is 0.295 e. The Balaban J connectivity index is 2.06. The number of hydrogen-bond donors (Lipinski definition) is 2. The average molecular weight is 295 g/mol. The van der Waals surface area contributed by atoms with Gasteiger partial charge in [-0.1, -0.05) is 18.5 Å². The zero-order valence-electron chi connectivity index (χ0n) is 12.2. The molecule has 0 bridgehead atoms. The minimum absolute atomic E-state index is 0.0132. The minimum Gasteiger partial charge on any atom is -0.368 e. The summed E-state index contributed by atoms with van der Waals surface area (Å²) in [7, 11) is 0. The average Bonchev–Trinajstić information content (AvgIpc) is 3.11. The van der Waals surface area contributed by atoms with Crippen LogP contribution in [0.3, 0.4) is 0 Å². The number of amides is 2. The summed E-state index contributed by atoms with van der Waals surface area (Å²) in [4.78, 5) is 28.9. The number of hydrogen-bond acceptors (Lipinski definition) is 6. The highest BCUT2D eigenvalue weighted by atomic mass is 16.5. The van der Waals surface area contributed by atoms with Crippen molar-refractivity contribution in [2.75, 3.05) is 19.6 Å². The summed E-state index contributed by atoms with van der Waals surface area (Å²) in [5.41, 5.74) is 5.18. The number of carbonyl (C=O) groups is 2. The summed E-state index contributed by atoms with van der Waals surface area (Å²) in [6.45, 7) is 3.22. The van der Waals surface area contributed by atoms with E-state index in [1.165, 1.54) is 4.90 Å². The van der Waals surface area contributed by atoms with Gasteiger partial charge in [-0.15, -0.1) is 0 Å². The predicted octanol–water partition coefficient (Wildman–Crippen LogP) is 0.222. The van der Waals surface area contributed by atoms with Gasteiger partial charge in [0.05, 0.1) is 12.6 Å². The Bertz CT molecular complexity index is 496. The Labute approximate surface area is 123 Å². The lowest BCUT2D eigenvalue weighted by atomic mass is 10.2. The van der Waals surface area contributed by atoms with Crippen LogP contribution in [-0.2, 0) is 4.79 Å². The second kappa shape index (κ2) is 7.16. The molecule has 8 nitrogen and oxygen atoms in total. The summed E-state index contributed by atoms with van der Waals surface area (Å²) in [6, 6.07) is 0.0132. The van der Waals surface area contributed by atoms with Crippen LogP contribution in [0, 0.1) is 0 Å². The molecule has 3 N–H and O–H groups in total. The van der Waals surface area contributed by atoms with Crippen LogP contribution in [0.25, 0.3) is 0 Å². The van der Waals surface area contributed by atoms with Crippen molar-refractivity contribution in [3.8, 4) is 0 Å². The van der Waals surface area contributed by atoms with Crippen molar-refractivity contribution in [2.24, 2.45) is 5.73 Å². The van der Waals surface area contributed by atoms with Crippen LogP contribution in [0.2, 0.25) is 0 Å². The lowest BCUT2D eigenvalue weighted by Crippen LogP contribution is -2.39. The lowest BCUT2D eigenvalue weighted by molar-refractivity contribution is -0.118.